The van der Waals surface area contributed by atoms with Crippen LogP contribution in [0, 0.1) is 0 Å². The van der Waals surface area contributed by atoms with Gasteiger partial charge < -0.3 is 5.32 Å². The molecule has 0 aliphatic heterocycles. The number of hydrogen-bond acceptors (Lipinski definition) is 2. The molecule has 0 bridgehead atoms. The zero-order chi connectivity index (χ0) is 15.2. The zero-order valence-electron chi connectivity index (χ0n) is 11.7. The van der Waals surface area contributed by atoms with Crippen molar-refractivity contribution in [2.24, 2.45) is 0 Å². The molecule has 0 spiro atoms. The van der Waals surface area contributed by atoms with Crippen molar-refractivity contribution in [2.45, 2.75) is 26.2 Å². The molecule has 5 heteroatoms. The first kappa shape index (κ1) is 16.0. The minimum Gasteiger partial charge on any atom is -0.322 e. The van der Waals surface area contributed by atoms with E-state index in [4.69, 9.17) is 11.6 Å². The maximum atomic E-state index is 12.2. The number of pyridine rings is 1. The lowest BCUT2D eigenvalue weighted by atomic mass is 10.1. The third kappa shape index (κ3) is 4.55. The van der Waals surface area contributed by atoms with Crippen molar-refractivity contribution < 1.29 is 4.79 Å². The topological polar surface area (TPSA) is 42.0 Å². The number of aromatic nitrogens is 1. The van der Waals surface area contributed by atoms with Crippen molar-refractivity contribution in [3.05, 3.63) is 57.3 Å². The zero-order valence-corrected chi connectivity index (χ0v) is 14.0. The minimum atomic E-state index is -0.268. The Morgan fingerprint density at radius 3 is 2.71 bits per heavy atom. The molecule has 0 aliphatic rings. The molecule has 0 saturated carbocycles. The molecular formula is C16H16BrClN2O. The van der Waals surface area contributed by atoms with Gasteiger partial charge in [0.15, 0.2) is 0 Å². The molecule has 0 aliphatic carbocycles. The molecule has 0 radical (unpaired) electrons. The maximum absolute atomic E-state index is 12.2. The lowest BCUT2D eigenvalue weighted by molar-refractivity contribution is 0.102. The molecule has 1 aromatic carbocycles. The molecular weight excluding hydrogens is 352 g/mol. The second-order valence-corrected chi connectivity index (χ2v) is 6.02. The fraction of sp³-hybridized carbons (Fsp3) is 0.250. The van der Waals surface area contributed by atoms with Crippen LogP contribution in [0.25, 0.3) is 0 Å². The number of unbranched alkanes of at least 4 members (excludes halogenated alkanes) is 1. The summed E-state index contributed by atoms with van der Waals surface area (Å²) in [5.41, 5.74) is 2.37. The Labute approximate surface area is 137 Å². The van der Waals surface area contributed by atoms with E-state index in [1.165, 1.54) is 18.4 Å². The number of nitrogens with one attached hydrogen (secondary N) is 1. The molecule has 0 unspecified atom stereocenters. The Hall–Kier alpha value is -1.39. The summed E-state index contributed by atoms with van der Waals surface area (Å²) in [4.78, 5) is 16.1. The second-order valence-electron chi connectivity index (χ2n) is 4.75. The highest BCUT2D eigenvalue weighted by Gasteiger charge is 2.12. The number of carbonyl (C=O) groups excluding carboxylic acids is 1. The lowest BCUT2D eigenvalue weighted by Gasteiger charge is -2.08. The molecule has 1 aromatic heterocycles. The fourth-order valence-electron chi connectivity index (χ4n) is 1.92. The van der Waals surface area contributed by atoms with Crippen molar-refractivity contribution in [1.29, 1.82) is 0 Å². The van der Waals surface area contributed by atoms with E-state index in [0.717, 1.165) is 12.1 Å². The van der Waals surface area contributed by atoms with Gasteiger partial charge in [-0.05, 0) is 52.5 Å². The quantitative estimate of drug-likeness (QED) is 0.748. The third-order valence-electron chi connectivity index (χ3n) is 3.08. The van der Waals surface area contributed by atoms with E-state index in [2.05, 4.69) is 33.2 Å². The Bertz CT molecular complexity index is 629. The molecule has 1 N–H and O–H groups in total. The van der Waals surface area contributed by atoms with Crippen LogP contribution < -0.4 is 5.32 Å². The van der Waals surface area contributed by atoms with Crippen LogP contribution in [0.4, 0.5) is 5.69 Å². The molecule has 1 heterocycles. The lowest BCUT2D eigenvalue weighted by Crippen LogP contribution is -2.13. The number of halogens is 2. The molecule has 0 fully saturated rings. The van der Waals surface area contributed by atoms with Gasteiger partial charge in [0.05, 0.1) is 5.56 Å². The maximum Gasteiger partial charge on any atom is 0.258 e. The Kier molecular flexibility index (Phi) is 5.76. The predicted octanol–water partition coefficient (Wildman–Crippen LogP) is 5.09. The van der Waals surface area contributed by atoms with Crippen molar-refractivity contribution in [3.8, 4) is 0 Å². The van der Waals surface area contributed by atoms with E-state index >= 15 is 0 Å². The van der Waals surface area contributed by atoms with Gasteiger partial charge in [0.25, 0.3) is 5.91 Å². The molecule has 2 rings (SSSR count). The van der Waals surface area contributed by atoms with Crippen molar-refractivity contribution in [2.75, 3.05) is 5.32 Å². The summed E-state index contributed by atoms with van der Waals surface area (Å²) in [6.45, 7) is 2.17. The van der Waals surface area contributed by atoms with E-state index in [-0.39, 0.29) is 11.1 Å². The first-order valence-corrected chi connectivity index (χ1v) is 7.98. The highest BCUT2D eigenvalue weighted by atomic mass is 79.9. The molecule has 2 aromatic rings. The summed E-state index contributed by atoms with van der Waals surface area (Å²) in [7, 11) is 0. The molecule has 110 valence electrons. The number of anilines is 1. The van der Waals surface area contributed by atoms with Crippen LogP contribution in [0.2, 0.25) is 5.15 Å². The second kappa shape index (κ2) is 7.57. The normalized spacial score (nSPS) is 10.4. The SMILES string of the molecule is CCCCc1ccc(NC(=O)c2cc(Br)cnc2Cl)cc1. The van der Waals surface area contributed by atoms with Gasteiger partial charge in [0.1, 0.15) is 5.15 Å². The first-order chi connectivity index (χ1) is 10.1. The van der Waals surface area contributed by atoms with E-state index < -0.39 is 0 Å². The molecule has 0 atom stereocenters. The molecule has 1 amide bonds. The minimum absolute atomic E-state index is 0.190. The number of amides is 1. The van der Waals surface area contributed by atoms with Gasteiger partial charge in [-0.1, -0.05) is 37.1 Å². The van der Waals surface area contributed by atoms with Gasteiger partial charge in [-0.25, -0.2) is 4.98 Å². The van der Waals surface area contributed by atoms with Gasteiger partial charge in [0.2, 0.25) is 0 Å². The van der Waals surface area contributed by atoms with Crippen LogP contribution in [0.15, 0.2) is 41.0 Å². The van der Waals surface area contributed by atoms with Crippen LogP contribution in [0.5, 0.6) is 0 Å². The van der Waals surface area contributed by atoms with E-state index in [1.807, 2.05) is 24.3 Å². The number of rotatable bonds is 5. The number of hydrogen-bond donors (Lipinski definition) is 1. The van der Waals surface area contributed by atoms with Gasteiger partial charge in [-0.3, -0.25) is 4.79 Å². The van der Waals surface area contributed by atoms with Crippen molar-refractivity contribution in [3.63, 3.8) is 0 Å². The van der Waals surface area contributed by atoms with Gasteiger partial charge in [-0.15, -0.1) is 0 Å². The summed E-state index contributed by atoms with van der Waals surface area (Å²) in [6.07, 6.45) is 4.96. The standard InChI is InChI=1S/C16H16BrClN2O/c1-2-3-4-11-5-7-13(8-6-11)20-16(21)14-9-12(17)10-19-15(14)18/h5-10H,2-4H2,1H3,(H,20,21). The van der Waals surface area contributed by atoms with E-state index in [9.17, 15) is 4.79 Å². The number of carbonyl (C=O) groups is 1. The largest absolute Gasteiger partial charge is 0.322 e. The number of benzene rings is 1. The monoisotopic (exact) mass is 366 g/mol. The Balaban J connectivity index is 2.07. The average Bonchev–Trinajstić information content (AvgIpc) is 2.49. The van der Waals surface area contributed by atoms with Crippen LogP contribution in [0.3, 0.4) is 0 Å². The van der Waals surface area contributed by atoms with E-state index in [0.29, 0.717) is 10.0 Å². The smallest absolute Gasteiger partial charge is 0.258 e. The van der Waals surface area contributed by atoms with Gasteiger partial charge >= 0.3 is 0 Å². The van der Waals surface area contributed by atoms with Crippen LogP contribution in [-0.2, 0) is 6.42 Å². The summed E-state index contributed by atoms with van der Waals surface area (Å²) in [5, 5.41) is 3.02. The van der Waals surface area contributed by atoms with E-state index in [1.54, 1.807) is 12.3 Å². The van der Waals surface area contributed by atoms with Crippen LogP contribution >= 0.6 is 27.5 Å². The fourth-order valence-corrected chi connectivity index (χ4v) is 2.44. The Morgan fingerprint density at radius 1 is 1.33 bits per heavy atom. The summed E-state index contributed by atoms with van der Waals surface area (Å²) < 4.78 is 0.715. The first-order valence-electron chi connectivity index (χ1n) is 6.81. The molecule has 3 nitrogen and oxygen atoms in total. The summed E-state index contributed by atoms with van der Waals surface area (Å²) in [5.74, 6) is -0.268. The predicted molar refractivity (Wildman–Crippen MR) is 90.0 cm³/mol. The number of nitrogens with zero attached hydrogens (tertiary/aromatic N) is 1. The molecule has 0 saturated heterocycles. The third-order valence-corrected chi connectivity index (χ3v) is 3.82. The summed E-state index contributed by atoms with van der Waals surface area (Å²) in [6, 6.07) is 9.53. The van der Waals surface area contributed by atoms with Crippen molar-refractivity contribution >= 4 is 39.1 Å². The summed E-state index contributed by atoms with van der Waals surface area (Å²) >= 11 is 9.23. The van der Waals surface area contributed by atoms with Crippen molar-refractivity contribution in [1.82, 2.24) is 4.98 Å². The van der Waals surface area contributed by atoms with Gasteiger partial charge in [0, 0.05) is 16.4 Å². The van der Waals surface area contributed by atoms with Crippen LogP contribution in [-0.4, -0.2) is 10.9 Å². The van der Waals surface area contributed by atoms with Gasteiger partial charge in [-0.2, -0.15) is 0 Å². The number of aryl methyl sites for hydroxylation is 1. The van der Waals surface area contributed by atoms with Crippen LogP contribution in [0.1, 0.15) is 35.7 Å². The molecule has 21 heavy (non-hydrogen) atoms. The highest BCUT2D eigenvalue weighted by molar-refractivity contribution is 9.10. The average molecular weight is 368 g/mol. The highest BCUT2D eigenvalue weighted by Crippen LogP contribution is 2.20. The Morgan fingerprint density at radius 2 is 2.05 bits per heavy atom.